The average molecular weight is 287 g/mol. The van der Waals surface area contributed by atoms with E-state index in [1.54, 1.807) is 0 Å². The van der Waals surface area contributed by atoms with Gasteiger partial charge in [0, 0.05) is 25.8 Å². The zero-order valence-electron chi connectivity index (χ0n) is 10.9. The molecule has 0 fully saturated rings. The summed E-state index contributed by atoms with van der Waals surface area (Å²) in [6.07, 6.45) is 0. The van der Waals surface area contributed by atoms with Crippen LogP contribution in [-0.4, -0.2) is 30.1 Å². The molecule has 0 radical (unpaired) electrons. The van der Waals surface area contributed by atoms with Crippen LogP contribution in [0.1, 0.15) is 24.2 Å². The first-order valence-electron chi connectivity index (χ1n) is 5.54. The van der Waals surface area contributed by atoms with Gasteiger partial charge in [-0.1, -0.05) is 11.6 Å². The number of nitro groups is 1. The van der Waals surface area contributed by atoms with E-state index in [9.17, 15) is 14.9 Å². The summed E-state index contributed by atoms with van der Waals surface area (Å²) in [5, 5.41) is 13.5. The number of halogens is 1. The molecule has 0 aliphatic rings. The van der Waals surface area contributed by atoms with E-state index in [-0.39, 0.29) is 22.8 Å². The second-order valence-corrected chi connectivity index (χ2v) is 4.97. The molecule has 19 heavy (non-hydrogen) atoms. The smallest absolute Gasteiger partial charge is 0.270 e. The van der Waals surface area contributed by atoms with Crippen molar-refractivity contribution in [3.63, 3.8) is 0 Å². The summed E-state index contributed by atoms with van der Waals surface area (Å²) in [5.74, 6) is -0.473. The van der Waals surface area contributed by atoms with Gasteiger partial charge >= 0.3 is 0 Å². The molecule has 0 saturated heterocycles. The van der Waals surface area contributed by atoms with Crippen LogP contribution in [0, 0.1) is 10.1 Å². The summed E-state index contributed by atoms with van der Waals surface area (Å²) in [7, 11) is 1.53. The first kappa shape index (κ1) is 15.4. The molecule has 1 rings (SSSR count). The Hall–Kier alpha value is -1.66. The van der Waals surface area contributed by atoms with E-state index < -0.39 is 16.4 Å². The summed E-state index contributed by atoms with van der Waals surface area (Å²) in [6.45, 7) is 3.88. The van der Waals surface area contributed by atoms with Crippen molar-refractivity contribution in [2.45, 2.75) is 19.4 Å². The Morgan fingerprint density at radius 3 is 2.68 bits per heavy atom. The van der Waals surface area contributed by atoms with E-state index in [0.717, 1.165) is 6.07 Å². The van der Waals surface area contributed by atoms with Crippen molar-refractivity contribution in [3.05, 3.63) is 38.9 Å². The van der Waals surface area contributed by atoms with E-state index in [0.29, 0.717) is 0 Å². The topological polar surface area (TPSA) is 81.5 Å². The third-order valence-corrected chi connectivity index (χ3v) is 2.96. The van der Waals surface area contributed by atoms with Crippen LogP contribution in [0.5, 0.6) is 0 Å². The van der Waals surface area contributed by atoms with Gasteiger partial charge < -0.3 is 10.1 Å². The molecule has 1 N–H and O–H groups in total. The number of carbonyl (C=O) groups is 1. The van der Waals surface area contributed by atoms with Crippen molar-refractivity contribution in [1.82, 2.24) is 5.32 Å². The molecule has 0 saturated carbocycles. The molecular weight excluding hydrogens is 272 g/mol. The number of ether oxygens (including phenoxy) is 1. The highest BCUT2D eigenvalue weighted by molar-refractivity contribution is 6.33. The lowest BCUT2D eigenvalue weighted by Crippen LogP contribution is -2.39. The molecule has 0 aliphatic carbocycles. The van der Waals surface area contributed by atoms with E-state index in [1.807, 2.05) is 13.8 Å². The highest BCUT2D eigenvalue weighted by Gasteiger charge is 2.20. The number of hydrogen-bond donors (Lipinski definition) is 1. The number of nitrogens with one attached hydrogen (secondary N) is 1. The van der Waals surface area contributed by atoms with Crippen LogP contribution in [0.3, 0.4) is 0 Å². The largest absolute Gasteiger partial charge is 0.377 e. The highest BCUT2D eigenvalue weighted by atomic mass is 35.5. The first-order valence-corrected chi connectivity index (χ1v) is 5.92. The first-order chi connectivity index (χ1) is 8.76. The van der Waals surface area contributed by atoms with Crippen molar-refractivity contribution in [2.75, 3.05) is 13.7 Å². The molecule has 0 heterocycles. The number of methoxy groups -OCH3 is 1. The maximum Gasteiger partial charge on any atom is 0.270 e. The molecule has 0 spiro atoms. The number of rotatable bonds is 5. The van der Waals surface area contributed by atoms with E-state index in [4.69, 9.17) is 16.3 Å². The van der Waals surface area contributed by atoms with Gasteiger partial charge in [-0.2, -0.15) is 0 Å². The van der Waals surface area contributed by atoms with Crippen molar-refractivity contribution >= 4 is 23.2 Å². The third kappa shape index (κ3) is 4.18. The number of nitro benzene ring substituents is 1. The standard InChI is InChI=1S/C12H15ClN2O4/c1-12(2,19-3)7-14-11(16)9-6-8(15(17)18)4-5-10(9)13/h4-6H,7H2,1-3H3,(H,14,16). The van der Waals surface area contributed by atoms with Crippen LogP contribution in [0.25, 0.3) is 0 Å². The summed E-state index contributed by atoms with van der Waals surface area (Å²) in [5.41, 5.74) is -0.633. The minimum absolute atomic E-state index is 0.0720. The van der Waals surface area contributed by atoms with Gasteiger partial charge in [-0.3, -0.25) is 14.9 Å². The normalized spacial score (nSPS) is 11.2. The van der Waals surface area contributed by atoms with Crippen molar-refractivity contribution in [1.29, 1.82) is 0 Å². The predicted molar refractivity (Wildman–Crippen MR) is 71.5 cm³/mol. The molecule has 1 aromatic carbocycles. The lowest BCUT2D eigenvalue weighted by molar-refractivity contribution is -0.384. The maximum atomic E-state index is 11.9. The second-order valence-electron chi connectivity index (χ2n) is 4.57. The van der Waals surface area contributed by atoms with Crippen LogP contribution in [-0.2, 0) is 4.74 Å². The van der Waals surface area contributed by atoms with Gasteiger partial charge in [-0.15, -0.1) is 0 Å². The predicted octanol–water partition coefficient (Wildman–Crippen LogP) is 2.40. The molecule has 104 valence electrons. The number of hydrogen-bond acceptors (Lipinski definition) is 4. The number of carbonyl (C=O) groups excluding carboxylic acids is 1. The van der Waals surface area contributed by atoms with Crippen molar-refractivity contribution in [3.8, 4) is 0 Å². The summed E-state index contributed by atoms with van der Waals surface area (Å²) in [6, 6.07) is 3.73. The number of amides is 1. The minimum atomic E-state index is -0.577. The average Bonchev–Trinajstić information content (AvgIpc) is 2.36. The number of non-ortho nitro benzene ring substituents is 1. The van der Waals surface area contributed by atoms with Gasteiger partial charge in [0.1, 0.15) is 0 Å². The lowest BCUT2D eigenvalue weighted by atomic mass is 10.1. The quantitative estimate of drug-likeness (QED) is 0.665. The van der Waals surface area contributed by atoms with Gasteiger partial charge in [0.05, 0.1) is 21.1 Å². The Bertz CT molecular complexity index is 503. The molecular formula is C12H15ClN2O4. The fourth-order valence-electron chi connectivity index (χ4n) is 1.26. The maximum absolute atomic E-state index is 11.9. The van der Waals surface area contributed by atoms with Gasteiger partial charge in [-0.25, -0.2) is 0 Å². The fourth-order valence-corrected chi connectivity index (χ4v) is 1.46. The van der Waals surface area contributed by atoms with Gasteiger partial charge in [0.15, 0.2) is 0 Å². The highest BCUT2D eigenvalue weighted by Crippen LogP contribution is 2.22. The van der Waals surface area contributed by atoms with Gasteiger partial charge in [-0.05, 0) is 19.9 Å². The molecule has 0 atom stereocenters. The van der Waals surface area contributed by atoms with Crippen LogP contribution in [0.4, 0.5) is 5.69 Å². The molecule has 6 nitrogen and oxygen atoms in total. The van der Waals surface area contributed by atoms with Crippen molar-refractivity contribution in [2.24, 2.45) is 0 Å². The zero-order valence-corrected chi connectivity index (χ0v) is 11.7. The van der Waals surface area contributed by atoms with Crippen molar-refractivity contribution < 1.29 is 14.5 Å². The Balaban J connectivity index is 2.88. The minimum Gasteiger partial charge on any atom is -0.377 e. The van der Waals surface area contributed by atoms with Crippen LogP contribution >= 0.6 is 11.6 Å². The molecule has 1 amide bonds. The summed E-state index contributed by atoms with van der Waals surface area (Å²) < 4.78 is 5.16. The Kier molecular flexibility index (Phi) is 4.85. The summed E-state index contributed by atoms with van der Waals surface area (Å²) >= 11 is 5.86. The second kappa shape index (κ2) is 5.99. The summed E-state index contributed by atoms with van der Waals surface area (Å²) in [4.78, 5) is 22.0. The lowest BCUT2D eigenvalue weighted by Gasteiger charge is -2.23. The monoisotopic (exact) mass is 286 g/mol. The van der Waals surface area contributed by atoms with E-state index in [1.165, 1.54) is 19.2 Å². The van der Waals surface area contributed by atoms with Crippen LogP contribution in [0.2, 0.25) is 5.02 Å². The Morgan fingerprint density at radius 1 is 1.53 bits per heavy atom. The van der Waals surface area contributed by atoms with Crippen LogP contribution < -0.4 is 5.32 Å². The Labute approximate surface area is 115 Å². The van der Waals surface area contributed by atoms with Crippen LogP contribution in [0.15, 0.2) is 18.2 Å². The third-order valence-electron chi connectivity index (χ3n) is 2.63. The molecule has 0 aromatic heterocycles. The zero-order chi connectivity index (χ0) is 14.6. The van der Waals surface area contributed by atoms with Gasteiger partial charge in [0.2, 0.25) is 0 Å². The molecule has 7 heteroatoms. The number of nitrogens with zero attached hydrogens (tertiary/aromatic N) is 1. The Morgan fingerprint density at radius 2 is 2.16 bits per heavy atom. The van der Waals surface area contributed by atoms with E-state index in [2.05, 4.69) is 5.32 Å². The molecule has 0 unspecified atom stereocenters. The number of benzene rings is 1. The SMILES string of the molecule is COC(C)(C)CNC(=O)c1cc([N+](=O)[O-])ccc1Cl. The molecule has 0 bridgehead atoms. The fraction of sp³-hybridized carbons (Fsp3) is 0.417. The molecule has 1 aromatic rings. The molecule has 0 aliphatic heterocycles. The van der Waals surface area contributed by atoms with E-state index >= 15 is 0 Å². The van der Waals surface area contributed by atoms with Gasteiger partial charge in [0.25, 0.3) is 11.6 Å².